The highest BCUT2D eigenvalue weighted by molar-refractivity contribution is 7.93. The number of para-hydroxylation sites is 1. The summed E-state index contributed by atoms with van der Waals surface area (Å²) >= 11 is 0. The number of ether oxygens (including phenoxy) is 2. The number of nitrogens with zero attached hydrogens (tertiary/aromatic N) is 1. The average molecular weight is 388 g/mol. The summed E-state index contributed by atoms with van der Waals surface area (Å²) in [5, 5.41) is 0. The first-order valence-corrected chi connectivity index (χ1v) is 10.7. The molecule has 2 aliphatic heterocycles. The van der Waals surface area contributed by atoms with E-state index in [0.29, 0.717) is 25.5 Å². The van der Waals surface area contributed by atoms with Crippen LogP contribution in [0.15, 0.2) is 41.3 Å². The molecular formula is C21H25NO4S. The fourth-order valence-electron chi connectivity index (χ4n) is 4.48. The van der Waals surface area contributed by atoms with Crippen LogP contribution in [-0.4, -0.2) is 35.3 Å². The molecule has 2 heterocycles. The van der Waals surface area contributed by atoms with E-state index in [1.807, 2.05) is 38.1 Å². The first-order chi connectivity index (χ1) is 12.9. The predicted octanol–water partition coefficient (Wildman–Crippen LogP) is 3.57. The zero-order valence-corrected chi connectivity index (χ0v) is 16.8. The van der Waals surface area contributed by atoms with Crippen LogP contribution < -0.4 is 9.04 Å². The van der Waals surface area contributed by atoms with Crippen LogP contribution in [-0.2, 0) is 20.2 Å². The molecule has 1 saturated heterocycles. The van der Waals surface area contributed by atoms with Gasteiger partial charge in [0.05, 0.1) is 12.8 Å². The van der Waals surface area contributed by atoms with E-state index < -0.39 is 10.0 Å². The van der Waals surface area contributed by atoms with Crippen molar-refractivity contribution < 1.29 is 17.9 Å². The van der Waals surface area contributed by atoms with E-state index in [4.69, 9.17) is 9.47 Å². The molecular weight excluding hydrogens is 362 g/mol. The quantitative estimate of drug-likeness (QED) is 0.808. The maximum Gasteiger partial charge on any atom is 0.268 e. The van der Waals surface area contributed by atoms with Crippen molar-refractivity contribution >= 4 is 15.7 Å². The van der Waals surface area contributed by atoms with Crippen molar-refractivity contribution in [1.82, 2.24) is 0 Å². The largest absolute Gasteiger partial charge is 0.495 e. The zero-order valence-electron chi connectivity index (χ0n) is 16.0. The van der Waals surface area contributed by atoms with E-state index in [2.05, 4.69) is 6.07 Å². The van der Waals surface area contributed by atoms with Gasteiger partial charge < -0.3 is 9.47 Å². The second-order valence-electron chi connectivity index (χ2n) is 7.53. The van der Waals surface area contributed by atoms with Crippen LogP contribution in [0.4, 0.5) is 5.69 Å². The molecule has 2 aliphatic rings. The monoisotopic (exact) mass is 387 g/mol. The maximum absolute atomic E-state index is 13.7. The molecule has 2 aromatic carbocycles. The van der Waals surface area contributed by atoms with E-state index in [1.54, 1.807) is 10.4 Å². The summed E-state index contributed by atoms with van der Waals surface area (Å²) in [4.78, 5) is 0.237. The molecule has 27 heavy (non-hydrogen) atoms. The number of methoxy groups -OCH3 is 1. The summed E-state index contributed by atoms with van der Waals surface area (Å²) in [6.07, 6.45) is 1.67. The van der Waals surface area contributed by atoms with E-state index in [9.17, 15) is 8.42 Å². The summed E-state index contributed by atoms with van der Waals surface area (Å²) in [7, 11) is -2.23. The van der Waals surface area contributed by atoms with Crippen LogP contribution in [0.5, 0.6) is 5.75 Å². The van der Waals surface area contributed by atoms with Gasteiger partial charge in [-0.1, -0.05) is 24.3 Å². The molecule has 5 nitrogen and oxygen atoms in total. The van der Waals surface area contributed by atoms with Gasteiger partial charge in [0.1, 0.15) is 10.6 Å². The van der Waals surface area contributed by atoms with E-state index >= 15 is 0 Å². The predicted molar refractivity (Wildman–Crippen MR) is 105 cm³/mol. The lowest BCUT2D eigenvalue weighted by Gasteiger charge is -2.34. The summed E-state index contributed by atoms with van der Waals surface area (Å²) in [5.41, 5.74) is 3.44. The number of hydrogen-bond acceptors (Lipinski definition) is 4. The van der Waals surface area contributed by atoms with Crippen LogP contribution in [0.25, 0.3) is 0 Å². The number of anilines is 1. The van der Waals surface area contributed by atoms with Crippen molar-refractivity contribution in [3.8, 4) is 5.75 Å². The van der Waals surface area contributed by atoms with Gasteiger partial charge in [-0.05, 0) is 55.5 Å². The molecule has 0 bridgehead atoms. The molecule has 2 aromatic rings. The van der Waals surface area contributed by atoms with Gasteiger partial charge in [0.25, 0.3) is 10.0 Å². The van der Waals surface area contributed by atoms with Crippen LogP contribution in [0.1, 0.15) is 29.5 Å². The maximum atomic E-state index is 13.7. The summed E-state index contributed by atoms with van der Waals surface area (Å²) < 4.78 is 40.1. The summed E-state index contributed by atoms with van der Waals surface area (Å²) in [6.45, 7) is 5.56. The Hall–Kier alpha value is -2.05. The number of aryl methyl sites for hydroxylation is 2. The van der Waals surface area contributed by atoms with Crippen LogP contribution in [0.3, 0.4) is 0 Å². The van der Waals surface area contributed by atoms with Gasteiger partial charge in [-0.2, -0.15) is 0 Å². The zero-order chi connectivity index (χ0) is 19.2. The van der Waals surface area contributed by atoms with Gasteiger partial charge in [-0.15, -0.1) is 0 Å². The number of fused-ring (bicyclic) bond motifs is 2. The molecule has 0 N–H and O–H groups in total. The van der Waals surface area contributed by atoms with Crippen molar-refractivity contribution in [1.29, 1.82) is 0 Å². The SMILES string of the molecule is COc1c(C)cc(C)cc1S(=O)(=O)N1CC2(CCOCC2)c2ccccc21. The minimum atomic E-state index is -3.75. The Morgan fingerprint density at radius 3 is 2.52 bits per heavy atom. The third-order valence-electron chi connectivity index (χ3n) is 5.80. The van der Waals surface area contributed by atoms with Gasteiger partial charge in [0.15, 0.2) is 0 Å². The number of benzene rings is 2. The molecule has 4 rings (SSSR count). The lowest BCUT2D eigenvalue weighted by Crippen LogP contribution is -2.40. The highest BCUT2D eigenvalue weighted by Gasteiger charge is 2.47. The number of rotatable bonds is 3. The van der Waals surface area contributed by atoms with E-state index in [0.717, 1.165) is 35.2 Å². The second-order valence-corrected chi connectivity index (χ2v) is 9.37. The molecule has 0 radical (unpaired) electrons. The molecule has 0 amide bonds. The van der Waals surface area contributed by atoms with Crippen LogP contribution in [0.2, 0.25) is 0 Å². The third kappa shape index (κ3) is 2.82. The van der Waals surface area contributed by atoms with Gasteiger partial charge in [0, 0.05) is 25.2 Å². The van der Waals surface area contributed by atoms with Crippen molar-refractivity contribution in [2.24, 2.45) is 0 Å². The molecule has 0 aromatic heterocycles. The lowest BCUT2D eigenvalue weighted by atomic mass is 9.76. The van der Waals surface area contributed by atoms with Crippen LogP contribution in [0, 0.1) is 13.8 Å². The van der Waals surface area contributed by atoms with E-state index in [-0.39, 0.29) is 10.3 Å². The number of sulfonamides is 1. The van der Waals surface area contributed by atoms with Crippen molar-refractivity contribution in [3.63, 3.8) is 0 Å². The Balaban J connectivity index is 1.87. The number of hydrogen-bond donors (Lipinski definition) is 0. The minimum Gasteiger partial charge on any atom is -0.495 e. The highest BCUT2D eigenvalue weighted by Crippen LogP contribution is 2.49. The Bertz CT molecular complexity index is 978. The van der Waals surface area contributed by atoms with Gasteiger partial charge >= 0.3 is 0 Å². The molecule has 0 aliphatic carbocycles. The Morgan fingerprint density at radius 1 is 1.11 bits per heavy atom. The Kier molecular flexibility index (Phi) is 4.43. The van der Waals surface area contributed by atoms with Gasteiger partial charge in [-0.25, -0.2) is 8.42 Å². The molecule has 1 fully saturated rings. The minimum absolute atomic E-state index is 0.173. The lowest BCUT2D eigenvalue weighted by molar-refractivity contribution is 0.0560. The van der Waals surface area contributed by atoms with Gasteiger partial charge in [0.2, 0.25) is 0 Å². The summed E-state index contributed by atoms with van der Waals surface area (Å²) in [6, 6.07) is 11.5. The first kappa shape index (κ1) is 18.3. The fourth-order valence-corrected chi connectivity index (χ4v) is 6.36. The smallest absolute Gasteiger partial charge is 0.268 e. The molecule has 0 unspecified atom stereocenters. The Labute approximate surface area is 161 Å². The standard InChI is InChI=1S/C21H25NO4S/c1-15-12-16(2)20(25-3)19(13-15)27(23,24)22-14-21(8-10-26-11-9-21)17-6-4-5-7-18(17)22/h4-7,12-13H,8-11,14H2,1-3H3. The van der Waals surface area contributed by atoms with Crippen LogP contribution >= 0.6 is 0 Å². The van der Waals surface area contributed by atoms with Crippen molar-refractivity contribution in [2.75, 3.05) is 31.2 Å². The molecule has 0 atom stereocenters. The molecule has 0 saturated carbocycles. The van der Waals surface area contributed by atoms with Gasteiger partial charge in [-0.3, -0.25) is 4.31 Å². The Morgan fingerprint density at radius 2 is 1.81 bits per heavy atom. The first-order valence-electron chi connectivity index (χ1n) is 9.24. The second kappa shape index (κ2) is 6.53. The average Bonchev–Trinajstić information content (AvgIpc) is 2.97. The topological polar surface area (TPSA) is 55.8 Å². The fraction of sp³-hybridized carbons (Fsp3) is 0.429. The van der Waals surface area contributed by atoms with E-state index in [1.165, 1.54) is 7.11 Å². The van der Waals surface area contributed by atoms with Crippen molar-refractivity contribution in [2.45, 2.75) is 37.0 Å². The molecule has 6 heteroatoms. The van der Waals surface area contributed by atoms with Crippen molar-refractivity contribution in [3.05, 3.63) is 53.1 Å². The molecule has 1 spiro atoms. The molecule has 144 valence electrons. The highest BCUT2D eigenvalue weighted by atomic mass is 32.2. The third-order valence-corrected chi connectivity index (χ3v) is 7.56. The summed E-state index contributed by atoms with van der Waals surface area (Å²) in [5.74, 6) is 0.422. The normalized spacial score (nSPS) is 18.6.